The third kappa shape index (κ3) is 1.65. The Balaban J connectivity index is 2.18. The van der Waals surface area contributed by atoms with Gasteiger partial charge in [0.15, 0.2) is 0 Å². The van der Waals surface area contributed by atoms with Crippen LogP contribution in [0.4, 0.5) is 0 Å². The summed E-state index contributed by atoms with van der Waals surface area (Å²) < 4.78 is 0. The number of aromatic hydroxyl groups is 1. The molecule has 74 valence electrons. The molecule has 1 fully saturated rings. The van der Waals surface area contributed by atoms with Crippen LogP contribution in [0.1, 0.15) is 30.7 Å². The number of carbonyl (C=O) groups excluding carboxylic acids is 1. The Hall–Kier alpha value is -1.31. The van der Waals surface area contributed by atoms with Crippen LogP contribution in [0.5, 0.6) is 5.75 Å². The molecule has 0 aromatic heterocycles. The highest BCUT2D eigenvalue weighted by Crippen LogP contribution is 2.38. The van der Waals surface area contributed by atoms with Crippen LogP contribution in [0.25, 0.3) is 0 Å². The first-order chi connectivity index (χ1) is 6.81. The van der Waals surface area contributed by atoms with Gasteiger partial charge in [0.1, 0.15) is 12.0 Å². The molecule has 1 aliphatic carbocycles. The van der Waals surface area contributed by atoms with E-state index in [0.717, 1.165) is 24.7 Å². The van der Waals surface area contributed by atoms with Crippen molar-refractivity contribution in [2.24, 2.45) is 5.92 Å². The van der Waals surface area contributed by atoms with Gasteiger partial charge in [-0.3, -0.25) is 0 Å². The summed E-state index contributed by atoms with van der Waals surface area (Å²) in [5.74, 6) is 0.813. The Labute approximate surface area is 83.6 Å². The third-order valence-corrected chi connectivity index (χ3v) is 3.08. The summed E-state index contributed by atoms with van der Waals surface area (Å²) in [6.07, 6.45) is 4.60. The Kier molecular flexibility index (Phi) is 2.53. The van der Waals surface area contributed by atoms with E-state index in [1.807, 2.05) is 12.1 Å². The average molecular weight is 190 g/mol. The molecule has 1 aromatic carbocycles. The molecule has 1 unspecified atom stereocenters. The van der Waals surface area contributed by atoms with Gasteiger partial charge in [-0.05, 0) is 36.5 Å². The number of hydrogen-bond donors (Lipinski definition) is 1. The number of carbonyl (C=O) groups is 1. The lowest BCUT2D eigenvalue weighted by atomic mass is 9.74. The van der Waals surface area contributed by atoms with Crippen molar-refractivity contribution in [3.05, 3.63) is 29.8 Å². The summed E-state index contributed by atoms with van der Waals surface area (Å²) >= 11 is 0. The van der Waals surface area contributed by atoms with E-state index in [0.29, 0.717) is 5.92 Å². The van der Waals surface area contributed by atoms with Crippen molar-refractivity contribution in [2.75, 3.05) is 0 Å². The molecule has 1 aliphatic rings. The number of phenols is 1. The minimum atomic E-state index is 0.0318. The van der Waals surface area contributed by atoms with Crippen molar-refractivity contribution in [3.63, 3.8) is 0 Å². The standard InChI is InChI=1S/C12H14O2/c13-8-12(9-2-1-3-9)10-4-6-11(14)7-5-10/h4-9,12,14H,1-3H2. The molecule has 2 nitrogen and oxygen atoms in total. The molecule has 0 spiro atoms. The topological polar surface area (TPSA) is 37.3 Å². The lowest BCUT2D eigenvalue weighted by molar-refractivity contribution is -0.110. The highest BCUT2D eigenvalue weighted by Gasteiger charge is 2.27. The number of phenolic OH excluding ortho intramolecular Hbond substituents is 1. The molecule has 0 radical (unpaired) electrons. The first-order valence-electron chi connectivity index (χ1n) is 5.05. The third-order valence-electron chi connectivity index (χ3n) is 3.08. The van der Waals surface area contributed by atoms with Crippen LogP contribution >= 0.6 is 0 Å². The lowest BCUT2D eigenvalue weighted by Crippen LogP contribution is -2.21. The highest BCUT2D eigenvalue weighted by molar-refractivity contribution is 5.63. The van der Waals surface area contributed by atoms with Gasteiger partial charge >= 0.3 is 0 Å². The molecule has 0 saturated heterocycles. The van der Waals surface area contributed by atoms with Crippen LogP contribution in [0.3, 0.4) is 0 Å². The Morgan fingerprint density at radius 1 is 1.29 bits per heavy atom. The van der Waals surface area contributed by atoms with Gasteiger partial charge in [-0.15, -0.1) is 0 Å². The van der Waals surface area contributed by atoms with E-state index in [-0.39, 0.29) is 11.7 Å². The van der Waals surface area contributed by atoms with E-state index in [1.165, 1.54) is 6.42 Å². The second-order valence-electron chi connectivity index (χ2n) is 3.94. The van der Waals surface area contributed by atoms with Crippen molar-refractivity contribution in [1.29, 1.82) is 0 Å². The summed E-state index contributed by atoms with van der Waals surface area (Å²) in [5, 5.41) is 9.13. The molecular formula is C12H14O2. The van der Waals surface area contributed by atoms with Crippen molar-refractivity contribution in [3.8, 4) is 5.75 Å². The molecule has 0 aliphatic heterocycles. The average Bonchev–Trinajstić information content (AvgIpc) is 2.13. The molecule has 0 amide bonds. The first-order valence-corrected chi connectivity index (χ1v) is 5.05. The van der Waals surface area contributed by atoms with Gasteiger partial charge in [0.05, 0.1) is 0 Å². The normalized spacial score (nSPS) is 18.6. The molecule has 1 atom stereocenters. The highest BCUT2D eigenvalue weighted by atomic mass is 16.3. The summed E-state index contributed by atoms with van der Waals surface area (Å²) in [5.41, 5.74) is 1.03. The van der Waals surface area contributed by atoms with Crippen LogP contribution in [0.15, 0.2) is 24.3 Å². The molecular weight excluding hydrogens is 176 g/mol. The zero-order valence-corrected chi connectivity index (χ0v) is 8.02. The lowest BCUT2D eigenvalue weighted by Gasteiger charge is -2.30. The predicted octanol–water partition coefficient (Wildman–Crippen LogP) is 2.47. The van der Waals surface area contributed by atoms with Gasteiger partial charge in [0.25, 0.3) is 0 Å². The van der Waals surface area contributed by atoms with Crippen LogP contribution in [0.2, 0.25) is 0 Å². The minimum Gasteiger partial charge on any atom is -0.508 e. The van der Waals surface area contributed by atoms with Crippen LogP contribution < -0.4 is 0 Å². The Bertz CT molecular complexity index is 312. The molecule has 0 bridgehead atoms. The summed E-state index contributed by atoms with van der Waals surface area (Å²) in [6, 6.07) is 6.97. The predicted molar refractivity (Wildman–Crippen MR) is 54.3 cm³/mol. The van der Waals surface area contributed by atoms with E-state index in [1.54, 1.807) is 12.1 Å². The van der Waals surface area contributed by atoms with E-state index >= 15 is 0 Å². The first kappa shape index (κ1) is 9.25. The fourth-order valence-electron chi connectivity index (χ4n) is 1.96. The van der Waals surface area contributed by atoms with Gasteiger partial charge < -0.3 is 9.90 Å². The van der Waals surface area contributed by atoms with E-state index in [2.05, 4.69) is 0 Å². The summed E-state index contributed by atoms with van der Waals surface area (Å²) in [7, 11) is 0. The van der Waals surface area contributed by atoms with Crippen LogP contribution in [0, 0.1) is 5.92 Å². The molecule has 14 heavy (non-hydrogen) atoms. The minimum absolute atomic E-state index is 0.0318. The summed E-state index contributed by atoms with van der Waals surface area (Å²) in [4.78, 5) is 11.0. The van der Waals surface area contributed by atoms with E-state index < -0.39 is 0 Å². The van der Waals surface area contributed by atoms with Crippen molar-refractivity contribution >= 4 is 6.29 Å². The Morgan fingerprint density at radius 2 is 1.93 bits per heavy atom. The number of aldehydes is 1. The fourth-order valence-corrected chi connectivity index (χ4v) is 1.96. The van der Waals surface area contributed by atoms with E-state index in [4.69, 9.17) is 5.11 Å². The second-order valence-corrected chi connectivity index (χ2v) is 3.94. The monoisotopic (exact) mass is 190 g/mol. The quantitative estimate of drug-likeness (QED) is 0.743. The van der Waals surface area contributed by atoms with Crippen molar-refractivity contribution in [2.45, 2.75) is 25.2 Å². The molecule has 2 rings (SSSR count). The zero-order chi connectivity index (χ0) is 9.97. The number of benzene rings is 1. The maximum absolute atomic E-state index is 11.0. The largest absolute Gasteiger partial charge is 0.508 e. The molecule has 1 N–H and O–H groups in total. The van der Waals surface area contributed by atoms with Crippen molar-refractivity contribution < 1.29 is 9.90 Å². The van der Waals surface area contributed by atoms with Crippen LogP contribution in [-0.2, 0) is 4.79 Å². The number of rotatable bonds is 3. The smallest absolute Gasteiger partial charge is 0.127 e. The second kappa shape index (κ2) is 3.82. The molecule has 1 aromatic rings. The van der Waals surface area contributed by atoms with Gasteiger partial charge in [0.2, 0.25) is 0 Å². The van der Waals surface area contributed by atoms with Gasteiger partial charge in [-0.1, -0.05) is 18.6 Å². The fraction of sp³-hybridized carbons (Fsp3) is 0.417. The summed E-state index contributed by atoms with van der Waals surface area (Å²) in [6.45, 7) is 0. The van der Waals surface area contributed by atoms with Crippen molar-refractivity contribution in [1.82, 2.24) is 0 Å². The molecule has 0 heterocycles. The maximum Gasteiger partial charge on any atom is 0.127 e. The SMILES string of the molecule is O=CC(c1ccc(O)cc1)C1CCC1. The van der Waals surface area contributed by atoms with E-state index in [9.17, 15) is 4.79 Å². The maximum atomic E-state index is 11.0. The molecule has 1 saturated carbocycles. The van der Waals surface area contributed by atoms with Gasteiger partial charge in [-0.2, -0.15) is 0 Å². The Morgan fingerprint density at radius 3 is 2.36 bits per heavy atom. The zero-order valence-electron chi connectivity index (χ0n) is 8.02. The van der Waals surface area contributed by atoms with Crippen LogP contribution in [-0.4, -0.2) is 11.4 Å². The molecule has 2 heteroatoms. The van der Waals surface area contributed by atoms with Gasteiger partial charge in [-0.25, -0.2) is 0 Å². The van der Waals surface area contributed by atoms with Gasteiger partial charge in [0, 0.05) is 5.92 Å². The number of hydrogen-bond acceptors (Lipinski definition) is 2.